The zero-order valence-electron chi connectivity index (χ0n) is 19.6. The average Bonchev–Trinajstić information content (AvgIpc) is 3.24. The van der Waals surface area contributed by atoms with Crippen molar-refractivity contribution in [3.63, 3.8) is 0 Å². The van der Waals surface area contributed by atoms with E-state index in [4.69, 9.17) is 4.74 Å². The Morgan fingerprint density at radius 3 is 2.89 bits per heavy atom. The number of hydrogen-bond acceptors (Lipinski definition) is 8. The molecule has 0 spiro atoms. The van der Waals surface area contributed by atoms with Gasteiger partial charge in [-0.1, -0.05) is 0 Å². The van der Waals surface area contributed by atoms with E-state index in [0.29, 0.717) is 30.3 Å². The number of hydrogen-bond donors (Lipinski definition) is 4. The minimum atomic E-state index is -1.29. The number of alkyl halides is 1. The zero-order chi connectivity index (χ0) is 24.0. The summed E-state index contributed by atoms with van der Waals surface area (Å²) in [6.07, 6.45) is 5.74. The number of piperazine rings is 1. The van der Waals surface area contributed by atoms with Crippen LogP contribution in [0.15, 0.2) is 24.7 Å². The molecule has 0 aromatic carbocycles. The van der Waals surface area contributed by atoms with Gasteiger partial charge in [0.05, 0.1) is 11.9 Å². The van der Waals surface area contributed by atoms with Crippen LogP contribution in [-0.2, 0) is 4.74 Å². The van der Waals surface area contributed by atoms with Crippen molar-refractivity contribution in [3.8, 4) is 0 Å². The lowest BCUT2D eigenvalue weighted by Crippen LogP contribution is -2.43. The molecule has 1 amide bonds. The molecule has 3 atom stereocenters. The number of ether oxygens (including phenoxy) is 1. The predicted molar refractivity (Wildman–Crippen MR) is 128 cm³/mol. The Kier molecular flexibility index (Phi) is 5.47. The number of halogens is 1. The van der Waals surface area contributed by atoms with Gasteiger partial charge in [-0.2, -0.15) is 5.10 Å². The second kappa shape index (κ2) is 8.67. The minimum Gasteiger partial charge on any atom is -0.443 e. The lowest BCUT2D eigenvalue weighted by Gasteiger charge is -2.29. The second-order valence-electron chi connectivity index (χ2n) is 9.92. The van der Waals surface area contributed by atoms with Crippen LogP contribution in [0.4, 0.5) is 26.6 Å². The number of imidazole rings is 1. The maximum absolute atomic E-state index is 15.2. The molecule has 3 aromatic heterocycles. The summed E-state index contributed by atoms with van der Waals surface area (Å²) >= 11 is 0. The number of aromatic amines is 1. The first-order valence-corrected chi connectivity index (χ1v) is 12.2. The largest absolute Gasteiger partial charge is 0.443 e. The first kappa shape index (κ1) is 22.1. The number of H-pyrrole nitrogens is 1. The van der Waals surface area contributed by atoms with E-state index in [1.165, 1.54) is 0 Å². The summed E-state index contributed by atoms with van der Waals surface area (Å²) in [4.78, 5) is 23.5. The molecule has 186 valence electrons. The highest BCUT2D eigenvalue weighted by Crippen LogP contribution is 2.39. The summed E-state index contributed by atoms with van der Waals surface area (Å²) < 4.78 is 22.4. The molecule has 0 unspecified atom stereocenters. The highest BCUT2D eigenvalue weighted by Gasteiger charge is 2.43. The summed E-state index contributed by atoms with van der Waals surface area (Å²) in [5, 5.41) is 16.7. The molecule has 1 aliphatic heterocycles. The maximum atomic E-state index is 15.2. The van der Waals surface area contributed by atoms with Crippen molar-refractivity contribution in [2.45, 2.75) is 56.3 Å². The molecule has 6 rings (SSSR count). The van der Waals surface area contributed by atoms with Gasteiger partial charge in [-0.25, -0.2) is 19.2 Å². The summed E-state index contributed by atoms with van der Waals surface area (Å²) in [6.45, 7) is 5.61. The van der Waals surface area contributed by atoms with Crippen LogP contribution < -0.4 is 20.9 Å². The Bertz CT molecular complexity index is 1220. The molecule has 11 nitrogen and oxygen atoms in total. The molecule has 1 saturated heterocycles. The van der Waals surface area contributed by atoms with E-state index < -0.39 is 24.3 Å². The third-order valence-corrected chi connectivity index (χ3v) is 7.27. The summed E-state index contributed by atoms with van der Waals surface area (Å²) in [5.41, 5.74) is 2.28. The van der Waals surface area contributed by atoms with E-state index in [2.05, 4.69) is 41.0 Å². The fraction of sp³-hybridized carbons (Fsp3) is 0.565. The van der Waals surface area contributed by atoms with Crippen LogP contribution in [0.2, 0.25) is 0 Å². The third-order valence-electron chi connectivity index (χ3n) is 7.27. The first-order chi connectivity index (χ1) is 17.0. The van der Waals surface area contributed by atoms with E-state index >= 15 is 4.39 Å². The molecular formula is C23H30FN9O2. The normalized spacial score (nSPS) is 25.5. The topological polar surface area (TPSA) is 124 Å². The minimum absolute atomic E-state index is 0.192. The van der Waals surface area contributed by atoms with Gasteiger partial charge in [0.1, 0.15) is 12.3 Å². The molecular weight excluding hydrogens is 453 g/mol. The molecule has 4 heterocycles. The molecule has 0 radical (unpaired) electrons. The van der Waals surface area contributed by atoms with Crippen LogP contribution in [0, 0.1) is 0 Å². The molecule has 35 heavy (non-hydrogen) atoms. The molecule has 2 aliphatic carbocycles. The fourth-order valence-electron chi connectivity index (χ4n) is 4.93. The standard InChI is InChI=1S/C23H30FN9O2/c1-23(4-5-23)29-22(34)35-17-3-2-14(19(17)24)15-12-18(31-30-15)28-21-27-13-16(20-26-8-11-33(20)21)32-9-6-25-7-10-32/h8,11-14,17,19,25H,2-7,9-10H2,1H3,(H,29,34)(H2,27,28,30,31)/t14-,17-,19-/m0/s1. The van der Waals surface area contributed by atoms with Gasteiger partial charge in [-0.15, -0.1) is 0 Å². The van der Waals surface area contributed by atoms with Gasteiger partial charge in [0.15, 0.2) is 11.5 Å². The van der Waals surface area contributed by atoms with E-state index in [9.17, 15) is 4.79 Å². The molecule has 3 aliphatic rings. The number of carbonyl (C=O) groups is 1. The van der Waals surface area contributed by atoms with Gasteiger partial charge in [0.2, 0.25) is 5.95 Å². The molecule has 0 bridgehead atoms. The third kappa shape index (κ3) is 4.38. The number of carbonyl (C=O) groups excluding carboxylic acids is 1. The quantitative estimate of drug-likeness (QED) is 0.422. The van der Waals surface area contributed by atoms with Crippen molar-refractivity contribution in [2.24, 2.45) is 0 Å². The lowest BCUT2D eigenvalue weighted by atomic mass is 10.0. The summed E-state index contributed by atoms with van der Waals surface area (Å²) in [6, 6.07) is 1.79. The number of fused-ring (bicyclic) bond motifs is 1. The Hall–Kier alpha value is -3.41. The number of alkyl carbamates (subject to hydrolysis) is 1. The Balaban J connectivity index is 1.13. The van der Waals surface area contributed by atoms with Gasteiger partial charge in [-0.05, 0) is 32.6 Å². The van der Waals surface area contributed by atoms with Crippen molar-refractivity contribution < 1.29 is 13.9 Å². The van der Waals surface area contributed by atoms with Crippen LogP contribution in [0.5, 0.6) is 0 Å². The molecule has 2 saturated carbocycles. The fourth-order valence-corrected chi connectivity index (χ4v) is 4.93. The predicted octanol–water partition coefficient (Wildman–Crippen LogP) is 2.47. The van der Waals surface area contributed by atoms with Gasteiger partial charge < -0.3 is 25.6 Å². The summed E-state index contributed by atoms with van der Waals surface area (Å²) in [5.74, 6) is 0.696. The lowest BCUT2D eigenvalue weighted by molar-refractivity contribution is 0.0546. The van der Waals surface area contributed by atoms with Crippen molar-refractivity contribution in [1.29, 1.82) is 0 Å². The number of aromatic nitrogens is 5. The summed E-state index contributed by atoms with van der Waals surface area (Å²) in [7, 11) is 0. The Morgan fingerprint density at radius 1 is 1.26 bits per heavy atom. The smallest absolute Gasteiger partial charge is 0.407 e. The molecule has 12 heteroatoms. The molecule has 4 N–H and O–H groups in total. The highest BCUT2D eigenvalue weighted by molar-refractivity contribution is 5.71. The highest BCUT2D eigenvalue weighted by atomic mass is 19.1. The van der Waals surface area contributed by atoms with Gasteiger partial charge in [0, 0.05) is 61.8 Å². The van der Waals surface area contributed by atoms with Gasteiger partial charge in [-0.3, -0.25) is 9.50 Å². The van der Waals surface area contributed by atoms with Crippen LogP contribution >= 0.6 is 0 Å². The number of rotatable bonds is 6. The van der Waals surface area contributed by atoms with Gasteiger partial charge >= 0.3 is 6.09 Å². The van der Waals surface area contributed by atoms with Crippen LogP contribution in [-0.4, -0.2) is 74.7 Å². The molecule has 3 aromatic rings. The SMILES string of the molecule is CC1(NC(=O)O[C@H]2CC[C@@H](c3cc(Nc4ncc(N5CCNCC5)c5nccn45)n[nH]3)[C@@H]2F)CC1. The number of nitrogens with zero attached hydrogens (tertiary/aromatic N) is 5. The first-order valence-electron chi connectivity index (χ1n) is 12.2. The van der Waals surface area contributed by atoms with Crippen molar-refractivity contribution >= 4 is 29.2 Å². The Morgan fingerprint density at radius 2 is 2.09 bits per heavy atom. The van der Waals surface area contributed by atoms with Crippen LogP contribution in [0.25, 0.3) is 5.65 Å². The monoisotopic (exact) mass is 483 g/mol. The van der Waals surface area contributed by atoms with Gasteiger partial charge in [0.25, 0.3) is 0 Å². The second-order valence-corrected chi connectivity index (χ2v) is 9.92. The van der Waals surface area contributed by atoms with E-state index in [-0.39, 0.29) is 5.54 Å². The zero-order valence-corrected chi connectivity index (χ0v) is 19.6. The van der Waals surface area contributed by atoms with E-state index in [1.54, 1.807) is 12.3 Å². The Labute approximate surface area is 201 Å². The van der Waals surface area contributed by atoms with Crippen molar-refractivity contribution in [1.82, 2.24) is 35.2 Å². The number of amides is 1. The van der Waals surface area contributed by atoms with E-state index in [0.717, 1.165) is 50.4 Å². The van der Waals surface area contributed by atoms with Crippen molar-refractivity contribution in [2.75, 3.05) is 36.4 Å². The van der Waals surface area contributed by atoms with Crippen LogP contribution in [0.1, 0.15) is 44.2 Å². The number of anilines is 3. The maximum Gasteiger partial charge on any atom is 0.407 e. The van der Waals surface area contributed by atoms with E-state index in [1.807, 2.05) is 23.7 Å². The van der Waals surface area contributed by atoms with Crippen LogP contribution in [0.3, 0.4) is 0 Å². The number of nitrogens with one attached hydrogen (secondary N) is 4. The average molecular weight is 484 g/mol. The molecule has 3 fully saturated rings. The van der Waals surface area contributed by atoms with Crippen molar-refractivity contribution in [3.05, 3.63) is 30.4 Å².